The topological polar surface area (TPSA) is 97.2 Å². The Morgan fingerprint density at radius 1 is 0.886 bits per heavy atom. The molecule has 0 fully saturated rings. The lowest BCUT2D eigenvalue weighted by Crippen LogP contribution is -2.50. The van der Waals surface area contributed by atoms with Gasteiger partial charge in [0, 0.05) is 17.7 Å². The van der Waals surface area contributed by atoms with Gasteiger partial charge in [0.1, 0.15) is 0 Å². The number of esters is 1. The minimum absolute atomic E-state index is 0.0215. The van der Waals surface area contributed by atoms with Crippen LogP contribution in [0.5, 0.6) is 0 Å². The van der Waals surface area contributed by atoms with Gasteiger partial charge in [0.25, 0.3) is 16.8 Å². The molecule has 0 radical (unpaired) electrons. The fourth-order valence-corrected chi connectivity index (χ4v) is 3.66. The van der Waals surface area contributed by atoms with Crippen LogP contribution >= 0.6 is 0 Å². The minimum atomic E-state index is -5.31. The largest absolute Gasteiger partial charge is 0.618 e. The second-order valence-corrected chi connectivity index (χ2v) is 8.37. The number of benzene rings is 3. The van der Waals surface area contributed by atoms with Crippen LogP contribution in [0.25, 0.3) is 21.8 Å². The minimum Gasteiger partial charge on any atom is -0.618 e. The molecule has 1 heterocycles. The van der Waals surface area contributed by atoms with E-state index in [-0.39, 0.29) is 28.4 Å². The normalized spacial score (nSPS) is 11.8. The zero-order valence-electron chi connectivity index (χ0n) is 18.6. The maximum atomic E-state index is 13.9. The molecule has 4 rings (SSSR count). The van der Waals surface area contributed by atoms with Crippen LogP contribution in [0.4, 0.5) is 13.2 Å². The molecule has 0 amide bonds. The molecule has 0 aliphatic rings. The molecule has 0 saturated heterocycles. The predicted molar refractivity (Wildman–Crippen MR) is 119 cm³/mol. The molecule has 0 spiro atoms. The van der Waals surface area contributed by atoms with Crippen LogP contribution in [0.15, 0.2) is 60.7 Å². The van der Waals surface area contributed by atoms with Gasteiger partial charge in [-0.15, -0.1) is 4.73 Å². The number of carbonyl (C=O) groups is 2. The van der Waals surface area contributed by atoms with Crippen molar-refractivity contribution in [3.8, 4) is 0 Å². The van der Waals surface area contributed by atoms with Gasteiger partial charge in [-0.05, 0) is 28.8 Å². The van der Waals surface area contributed by atoms with E-state index in [9.17, 15) is 33.2 Å². The van der Waals surface area contributed by atoms with Crippen molar-refractivity contribution in [2.45, 2.75) is 20.0 Å². The zero-order chi connectivity index (χ0) is 25.5. The monoisotopic (exact) mass is 484 g/mol. The van der Waals surface area contributed by atoms with E-state index in [1.165, 1.54) is 18.2 Å². The highest BCUT2D eigenvalue weighted by atomic mass is 19.4. The van der Waals surface area contributed by atoms with E-state index < -0.39 is 45.1 Å². The van der Waals surface area contributed by atoms with Gasteiger partial charge in [-0.3, -0.25) is 4.79 Å². The molecule has 3 aromatic carbocycles. The number of ketones is 1. The Morgan fingerprint density at radius 2 is 1.54 bits per heavy atom. The molecular formula is C25H19F3N2O5. The van der Waals surface area contributed by atoms with Crippen LogP contribution in [0, 0.1) is 16.3 Å². The van der Waals surface area contributed by atoms with Crippen LogP contribution in [0.3, 0.4) is 0 Å². The van der Waals surface area contributed by atoms with Gasteiger partial charge in [-0.1, -0.05) is 50.2 Å². The summed E-state index contributed by atoms with van der Waals surface area (Å²) in [5.74, 6) is -2.08. The van der Waals surface area contributed by atoms with Crippen molar-refractivity contribution in [1.29, 1.82) is 0 Å². The summed E-state index contributed by atoms with van der Waals surface area (Å²) in [5, 5.41) is 27.2. The Labute approximate surface area is 197 Å². The maximum absolute atomic E-state index is 13.9. The number of rotatable bonds is 5. The molecule has 0 aliphatic heterocycles. The van der Waals surface area contributed by atoms with Gasteiger partial charge < -0.3 is 15.2 Å². The highest BCUT2D eigenvalue weighted by Crippen LogP contribution is 2.31. The Kier molecular flexibility index (Phi) is 6.06. The first-order valence-corrected chi connectivity index (χ1v) is 10.6. The molecule has 0 bridgehead atoms. The molecule has 1 aromatic heterocycles. The third-order valence-electron chi connectivity index (χ3n) is 5.32. The molecule has 0 saturated carbocycles. The maximum Gasteiger partial charge on any atom is 0.486 e. The third kappa shape index (κ3) is 4.46. The van der Waals surface area contributed by atoms with E-state index in [0.29, 0.717) is 5.39 Å². The van der Waals surface area contributed by atoms with Crippen LogP contribution in [-0.4, -0.2) is 18.4 Å². The van der Waals surface area contributed by atoms with E-state index >= 15 is 0 Å². The SMILES string of the molecule is CC(C)COC(=O)c1ccc2c(c1)[n+]([O-])c(C(=O)c1ccc3ccccc3c1)c(C(F)(F)F)[n+]2[O-]. The van der Waals surface area contributed by atoms with Crippen LogP contribution < -0.4 is 9.46 Å². The lowest BCUT2D eigenvalue weighted by Gasteiger charge is -2.15. The van der Waals surface area contributed by atoms with Gasteiger partial charge in [0.2, 0.25) is 0 Å². The number of ether oxygens (including phenoxy) is 1. The average Bonchev–Trinajstić information content (AvgIpc) is 2.82. The van der Waals surface area contributed by atoms with Crippen molar-refractivity contribution in [2.75, 3.05) is 6.61 Å². The molecule has 4 aromatic rings. The number of aromatic nitrogens is 2. The van der Waals surface area contributed by atoms with Crippen LogP contribution in [0.2, 0.25) is 0 Å². The fraction of sp³-hybridized carbons (Fsp3) is 0.200. The van der Waals surface area contributed by atoms with Crippen LogP contribution in [-0.2, 0) is 10.9 Å². The van der Waals surface area contributed by atoms with Gasteiger partial charge in [0.05, 0.1) is 12.2 Å². The molecule has 7 nitrogen and oxygen atoms in total. The zero-order valence-corrected chi connectivity index (χ0v) is 18.6. The van der Waals surface area contributed by atoms with Crippen molar-refractivity contribution in [3.05, 3.63) is 93.6 Å². The molecule has 0 aliphatic carbocycles. The summed E-state index contributed by atoms with van der Waals surface area (Å²) in [6, 6.07) is 14.0. The summed E-state index contributed by atoms with van der Waals surface area (Å²) < 4.78 is 46.1. The molecule has 10 heteroatoms. The standard InChI is InChI=1S/C25H19F3N2O5/c1-14(2)13-35-24(32)18-9-10-19-20(12-18)29(33)21(23(30(19)34)25(26,27)28)22(31)17-8-7-15-5-3-4-6-16(15)11-17/h3-12,14H,13H2,1-2H3. The van der Waals surface area contributed by atoms with Gasteiger partial charge in [-0.2, -0.15) is 17.9 Å². The quantitative estimate of drug-likeness (QED) is 0.182. The van der Waals surface area contributed by atoms with E-state index in [2.05, 4.69) is 0 Å². The fourth-order valence-electron chi connectivity index (χ4n) is 3.66. The molecule has 35 heavy (non-hydrogen) atoms. The lowest BCUT2D eigenvalue weighted by atomic mass is 10.0. The highest BCUT2D eigenvalue weighted by molar-refractivity contribution is 6.09. The Hall–Kier alpha value is -4.21. The second-order valence-electron chi connectivity index (χ2n) is 8.37. The number of fused-ring (bicyclic) bond motifs is 2. The van der Waals surface area contributed by atoms with E-state index in [1.807, 2.05) is 13.8 Å². The van der Waals surface area contributed by atoms with Gasteiger partial charge in [0.15, 0.2) is 0 Å². The first kappa shape index (κ1) is 23.9. The summed E-state index contributed by atoms with van der Waals surface area (Å²) in [4.78, 5) is 25.5. The van der Waals surface area contributed by atoms with Crippen molar-refractivity contribution >= 4 is 33.6 Å². The summed E-state index contributed by atoms with van der Waals surface area (Å²) >= 11 is 0. The van der Waals surface area contributed by atoms with Crippen molar-refractivity contribution < 1.29 is 37.0 Å². The smallest absolute Gasteiger partial charge is 0.486 e. The number of nitrogens with zero attached hydrogens (tertiary/aromatic N) is 2. The third-order valence-corrected chi connectivity index (χ3v) is 5.32. The molecule has 180 valence electrons. The number of halogens is 3. The molecular weight excluding hydrogens is 465 g/mol. The number of alkyl halides is 3. The summed E-state index contributed by atoms with van der Waals surface area (Å²) in [6.07, 6.45) is -5.31. The summed E-state index contributed by atoms with van der Waals surface area (Å²) in [6.45, 7) is 3.69. The van der Waals surface area contributed by atoms with Gasteiger partial charge in [-0.25, -0.2) is 4.79 Å². The average molecular weight is 484 g/mol. The summed E-state index contributed by atoms with van der Waals surface area (Å²) in [5.41, 5.74) is -4.90. The Bertz CT molecular complexity index is 1480. The number of hydrogen-bond donors (Lipinski definition) is 0. The van der Waals surface area contributed by atoms with Crippen molar-refractivity contribution in [3.63, 3.8) is 0 Å². The number of carbonyl (C=O) groups excluding carboxylic acids is 2. The van der Waals surface area contributed by atoms with E-state index in [0.717, 1.165) is 23.6 Å². The van der Waals surface area contributed by atoms with Crippen molar-refractivity contribution in [2.24, 2.45) is 5.92 Å². The molecule has 0 unspecified atom stereocenters. The Morgan fingerprint density at radius 3 is 2.20 bits per heavy atom. The van der Waals surface area contributed by atoms with Gasteiger partial charge >= 0.3 is 23.5 Å². The second kappa shape index (κ2) is 8.86. The lowest BCUT2D eigenvalue weighted by molar-refractivity contribution is -0.647. The summed E-state index contributed by atoms with van der Waals surface area (Å²) in [7, 11) is 0. The predicted octanol–water partition coefficient (Wildman–Crippen LogP) is 4.32. The first-order valence-electron chi connectivity index (χ1n) is 10.6. The Balaban J connectivity index is 1.93. The molecule has 0 atom stereocenters. The van der Waals surface area contributed by atoms with Crippen molar-refractivity contribution in [1.82, 2.24) is 0 Å². The number of hydrogen-bond acceptors (Lipinski definition) is 5. The van der Waals surface area contributed by atoms with Crippen LogP contribution in [0.1, 0.15) is 46.0 Å². The van der Waals surface area contributed by atoms with E-state index in [1.54, 1.807) is 24.3 Å². The highest BCUT2D eigenvalue weighted by Gasteiger charge is 2.51. The molecule has 0 N–H and O–H groups in total. The first-order chi connectivity index (χ1) is 16.5. The van der Waals surface area contributed by atoms with E-state index in [4.69, 9.17) is 4.74 Å².